The van der Waals surface area contributed by atoms with Gasteiger partial charge in [0.15, 0.2) is 0 Å². The average Bonchev–Trinajstić information content (AvgIpc) is 2.11. The summed E-state index contributed by atoms with van der Waals surface area (Å²) in [7, 11) is 0. The number of hydrogen-bond acceptors (Lipinski definition) is 5. The van der Waals surface area contributed by atoms with Gasteiger partial charge in [0.05, 0.1) is 12.2 Å². The van der Waals surface area contributed by atoms with Crippen LogP contribution >= 0.6 is 0 Å². The van der Waals surface area contributed by atoms with Crippen LogP contribution in [-0.4, -0.2) is 57.4 Å². The highest BCUT2D eigenvalue weighted by Crippen LogP contribution is 2.20. The zero-order valence-corrected chi connectivity index (χ0v) is 7.59. The lowest BCUT2D eigenvalue weighted by atomic mass is 9.85. The van der Waals surface area contributed by atoms with E-state index in [1.165, 1.54) is 0 Å². The normalized spacial score (nSPS) is 46.4. The maximum atomic E-state index is 9.47. The molecule has 0 amide bonds. The summed E-state index contributed by atoms with van der Waals surface area (Å²) in [6, 6.07) is -0.349. The third kappa shape index (κ3) is 2.18. The topological polar surface area (TPSA) is 93.0 Å². The van der Waals surface area contributed by atoms with Gasteiger partial charge in [-0.15, -0.1) is 0 Å². The number of likely N-dealkylation sites (N-methyl/N-ethyl adjacent to an activating group) is 1. The molecular formula is C8H17NO4. The largest absolute Gasteiger partial charge is 0.390 e. The van der Waals surface area contributed by atoms with E-state index < -0.39 is 24.4 Å². The van der Waals surface area contributed by atoms with E-state index in [2.05, 4.69) is 5.32 Å². The van der Waals surface area contributed by atoms with Gasteiger partial charge < -0.3 is 25.7 Å². The van der Waals surface area contributed by atoms with E-state index in [1.807, 2.05) is 6.92 Å². The molecule has 5 N–H and O–H groups in total. The molecule has 5 atom stereocenters. The lowest BCUT2D eigenvalue weighted by Crippen LogP contribution is -2.59. The van der Waals surface area contributed by atoms with Crippen molar-refractivity contribution in [2.45, 2.75) is 43.8 Å². The van der Waals surface area contributed by atoms with Crippen LogP contribution in [0.1, 0.15) is 13.3 Å². The minimum Gasteiger partial charge on any atom is -0.390 e. The number of rotatable bonds is 2. The second-order valence-corrected chi connectivity index (χ2v) is 3.44. The van der Waals surface area contributed by atoms with Crippen molar-refractivity contribution in [3.8, 4) is 0 Å². The van der Waals surface area contributed by atoms with Gasteiger partial charge >= 0.3 is 0 Å². The Kier molecular flexibility index (Phi) is 3.63. The van der Waals surface area contributed by atoms with Crippen LogP contribution in [-0.2, 0) is 0 Å². The number of aliphatic hydroxyl groups is 4. The molecule has 1 rings (SSSR count). The van der Waals surface area contributed by atoms with Gasteiger partial charge in [-0.3, -0.25) is 0 Å². The molecule has 5 heteroatoms. The monoisotopic (exact) mass is 191 g/mol. The second kappa shape index (κ2) is 4.34. The fourth-order valence-electron chi connectivity index (χ4n) is 1.67. The SMILES string of the molecule is CCN[C@H]1C[C@@H](O)[C@H](O)[C@@H](O)[C@H]1O. The third-order valence-corrected chi connectivity index (χ3v) is 2.47. The van der Waals surface area contributed by atoms with Crippen molar-refractivity contribution in [2.24, 2.45) is 0 Å². The fraction of sp³-hybridized carbons (Fsp3) is 1.00. The number of nitrogens with one attached hydrogen (secondary N) is 1. The Morgan fingerprint density at radius 2 is 1.69 bits per heavy atom. The Morgan fingerprint density at radius 1 is 1.08 bits per heavy atom. The molecule has 78 valence electrons. The van der Waals surface area contributed by atoms with Gasteiger partial charge in [0.2, 0.25) is 0 Å². The van der Waals surface area contributed by atoms with Crippen molar-refractivity contribution in [1.29, 1.82) is 0 Å². The Bertz CT molecular complexity index is 166. The highest BCUT2D eigenvalue weighted by atomic mass is 16.4. The first-order valence-corrected chi connectivity index (χ1v) is 4.53. The zero-order chi connectivity index (χ0) is 10.0. The average molecular weight is 191 g/mol. The number of aliphatic hydroxyl groups excluding tert-OH is 4. The summed E-state index contributed by atoms with van der Waals surface area (Å²) < 4.78 is 0. The Morgan fingerprint density at radius 3 is 2.23 bits per heavy atom. The van der Waals surface area contributed by atoms with Crippen LogP contribution in [0.3, 0.4) is 0 Å². The van der Waals surface area contributed by atoms with Crippen LogP contribution < -0.4 is 5.32 Å². The van der Waals surface area contributed by atoms with Crippen LogP contribution in [0, 0.1) is 0 Å². The lowest BCUT2D eigenvalue weighted by Gasteiger charge is -2.38. The van der Waals surface area contributed by atoms with Gasteiger partial charge in [0.1, 0.15) is 12.2 Å². The summed E-state index contributed by atoms with van der Waals surface area (Å²) in [5.41, 5.74) is 0. The highest BCUT2D eigenvalue weighted by molar-refractivity contribution is 4.95. The Balaban J connectivity index is 2.59. The molecule has 1 aliphatic carbocycles. The molecule has 0 heterocycles. The molecule has 0 aromatic carbocycles. The van der Waals surface area contributed by atoms with E-state index in [-0.39, 0.29) is 12.5 Å². The van der Waals surface area contributed by atoms with E-state index in [0.717, 1.165) is 0 Å². The first-order chi connectivity index (χ1) is 6.07. The van der Waals surface area contributed by atoms with Crippen LogP contribution in [0.25, 0.3) is 0 Å². The summed E-state index contributed by atoms with van der Waals surface area (Å²) >= 11 is 0. The van der Waals surface area contributed by atoms with Crippen LogP contribution in [0.5, 0.6) is 0 Å². The molecule has 5 nitrogen and oxygen atoms in total. The predicted molar refractivity (Wildman–Crippen MR) is 46.1 cm³/mol. The van der Waals surface area contributed by atoms with Crippen molar-refractivity contribution < 1.29 is 20.4 Å². The standard InChI is InChI=1S/C8H17NO4/c1-2-9-4-3-5(10)7(12)8(13)6(4)11/h4-13H,2-3H2,1H3/t4-,5+,6-,7-,8-/m0/s1. The molecule has 13 heavy (non-hydrogen) atoms. The lowest BCUT2D eigenvalue weighted by molar-refractivity contribution is -0.146. The van der Waals surface area contributed by atoms with Gasteiger partial charge in [-0.05, 0) is 13.0 Å². The van der Waals surface area contributed by atoms with Crippen LogP contribution in [0.2, 0.25) is 0 Å². The van der Waals surface area contributed by atoms with E-state index in [9.17, 15) is 20.4 Å². The predicted octanol–water partition coefficient (Wildman–Crippen LogP) is -2.19. The molecule has 0 bridgehead atoms. The molecule has 0 unspecified atom stereocenters. The van der Waals surface area contributed by atoms with Crippen LogP contribution in [0.4, 0.5) is 0 Å². The Hall–Kier alpha value is -0.200. The van der Waals surface area contributed by atoms with Gasteiger partial charge in [-0.25, -0.2) is 0 Å². The van der Waals surface area contributed by atoms with Crippen LogP contribution in [0.15, 0.2) is 0 Å². The Labute approximate surface area is 77.0 Å². The fourth-order valence-corrected chi connectivity index (χ4v) is 1.67. The maximum absolute atomic E-state index is 9.47. The van der Waals surface area contributed by atoms with E-state index >= 15 is 0 Å². The molecule has 0 aromatic heterocycles. The third-order valence-electron chi connectivity index (χ3n) is 2.47. The van der Waals surface area contributed by atoms with Crippen molar-refractivity contribution >= 4 is 0 Å². The molecule has 0 spiro atoms. The van der Waals surface area contributed by atoms with Crippen molar-refractivity contribution in [1.82, 2.24) is 5.32 Å². The minimum absolute atomic E-state index is 0.257. The first kappa shape index (κ1) is 10.9. The van der Waals surface area contributed by atoms with Crippen molar-refractivity contribution in [3.05, 3.63) is 0 Å². The summed E-state index contributed by atoms with van der Waals surface area (Å²) in [6.45, 7) is 2.52. The smallest absolute Gasteiger partial charge is 0.110 e. The first-order valence-electron chi connectivity index (χ1n) is 4.53. The molecule has 0 aromatic rings. The molecule has 1 saturated carbocycles. The van der Waals surface area contributed by atoms with E-state index in [0.29, 0.717) is 6.54 Å². The maximum Gasteiger partial charge on any atom is 0.110 e. The van der Waals surface area contributed by atoms with Crippen molar-refractivity contribution in [2.75, 3.05) is 6.54 Å². The van der Waals surface area contributed by atoms with Crippen molar-refractivity contribution in [3.63, 3.8) is 0 Å². The van der Waals surface area contributed by atoms with E-state index in [1.54, 1.807) is 0 Å². The highest BCUT2D eigenvalue weighted by Gasteiger charge is 2.41. The molecule has 0 radical (unpaired) electrons. The summed E-state index contributed by atoms with van der Waals surface area (Å²) in [4.78, 5) is 0. The van der Waals surface area contributed by atoms with Gasteiger partial charge in [-0.2, -0.15) is 0 Å². The quantitative estimate of drug-likeness (QED) is 0.342. The van der Waals surface area contributed by atoms with Gasteiger partial charge in [0.25, 0.3) is 0 Å². The zero-order valence-electron chi connectivity index (χ0n) is 7.59. The summed E-state index contributed by atoms with van der Waals surface area (Å²) in [5.74, 6) is 0. The molecule has 1 aliphatic rings. The van der Waals surface area contributed by atoms with Gasteiger partial charge in [0, 0.05) is 6.04 Å². The minimum atomic E-state index is -1.27. The molecule has 1 fully saturated rings. The summed E-state index contributed by atoms with van der Waals surface area (Å²) in [6.07, 6.45) is -4.24. The second-order valence-electron chi connectivity index (χ2n) is 3.44. The molecular weight excluding hydrogens is 174 g/mol. The molecule has 0 aliphatic heterocycles. The van der Waals surface area contributed by atoms with Gasteiger partial charge in [-0.1, -0.05) is 6.92 Å². The van der Waals surface area contributed by atoms with E-state index in [4.69, 9.17) is 0 Å². The summed E-state index contributed by atoms with van der Waals surface area (Å²) in [5, 5.41) is 40.2. The number of hydrogen-bond donors (Lipinski definition) is 5. The molecule has 0 saturated heterocycles.